The molecule has 0 atom stereocenters. The molecular weight excluding hydrogens is 301 g/mol. The number of H-pyrrole nitrogens is 1. The summed E-state index contributed by atoms with van der Waals surface area (Å²) in [7, 11) is -4.26. The molecule has 112 valence electrons. The molecule has 0 saturated heterocycles. The van der Waals surface area contributed by atoms with Crippen LogP contribution in [0.25, 0.3) is 0 Å². The number of aromatic carboxylic acids is 1. The zero-order valence-corrected chi connectivity index (χ0v) is 11.7. The van der Waals surface area contributed by atoms with Crippen LogP contribution in [-0.2, 0) is 16.4 Å². The molecule has 21 heavy (non-hydrogen) atoms. The molecule has 2 aromatic rings. The van der Waals surface area contributed by atoms with Crippen LogP contribution in [0.15, 0.2) is 29.3 Å². The van der Waals surface area contributed by atoms with Crippen molar-refractivity contribution in [2.45, 2.75) is 18.2 Å². The normalized spacial score (nSPS) is 11.3. The zero-order valence-electron chi connectivity index (χ0n) is 10.9. The van der Waals surface area contributed by atoms with E-state index in [9.17, 15) is 17.6 Å². The van der Waals surface area contributed by atoms with E-state index in [1.165, 1.54) is 6.20 Å². The van der Waals surface area contributed by atoms with E-state index in [-0.39, 0.29) is 11.4 Å². The fourth-order valence-electron chi connectivity index (χ4n) is 1.70. The number of carbonyl (C=O) groups is 1. The lowest BCUT2D eigenvalue weighted by Crippen LogP contribution is -2.16. The number of anilines is 1. The number of sulfonamides is 1. The van der Waals surface area contributed by atoms with Crippen molar-refractivity contribution in [1.29, 1.82) is 0 Å². The number of hydrogen-bond acceptors (Lipinski definition) is 4. The third-order valence-electron chi connectivity index (χ3n) is 2.80. The Balaban J connectivity index is 2.44. The van der Waals surface area contributed by atoms with Crippen molar-refractivity contribution in [2.24, 2.45) is 0 Å². The van der Waals surface area contributed by atoms with E-state index in [0.717, 1.165) is 18.2 Å². The summed E-state index contributed by atoms with van der Waals surface area (Å²) in [4.78, 5) is 10.1. The third kappa shape index (κ3) is 3.02. The number of halogens is 1. The third-order valence-corrected chi connectivity index (χ3v) is 4.17. The second kappa shape index (κ2) is 5.52. The van der Waals surface area contributed by atoms with Gasteiger partial charge in [-0.2, -0.15) is 5.10 Å². The van der Waals surface area contributed by atoms with Gasteiger partial charge in [-0.3, -0.25) is 9.82 Å². The number of hydrogen-bond donors (Lipinski definition) is 3. The van der Waals surface area contributed by atoms with Crippen LogP contribution in [0, 0.1) is 5.82 Å². The predicted octanol–water partition coefficient (Wildman–Crippen LogP) is 1.61. The molecule has 0 spiro atoms. The van der Waals surface area contributed by atoms with E-state index in [0.29, 0.717) is 12.0 Å². The highest BCUT2D eigenvalue weighted by Crippen LogP contribution is 2.21. The molecule has 2 rings (SSSR count). The summed E-state index contributed by atoms with van der Waals surface area (Å²) in [6.07, 6.45) is 1.97. The second-order valence-electron chi connectivity index (χ2n) is 4.18. The fraction of sp³-hybridized carbons (Fsp3) is 0.167. The number of aryl methyl sites for hydroxylation is 1. The lowest BCUT2D eigenvalue weighted by Gasteiger charge is -2.09. The van der Waals surface area contributed by atoms with Crippen molar-refractivity contribution in [3.8, 4) is 0 Å². The van der Waals surface area contributed by atoms with E-state index in [1.807, 2.05) is 0 Å². The number of nitrogens with zero attached hydrogens (tertiary/aromatic N) is 1. The molecule has 0 amide bonds. The summed E-state index contributed by atoms with van der Waals surface area (Å²) >= 11 is 0. The first-order valence-corrected chi connectivity index (χ1v) is 7.41. The average Bonchev–Trinajstić information content (AvgIpc) is 2.85. The number of nitrogens with one attached hydrogen (secondary N) is 2. The Bertz CT molecular complexity index is 786. The first-order valence-electron chi connectivity index (χ1n) is 5.93. The Morgan fingerprint density at radius 1 is 1.48 bits per heavy atom. The van der Waals surface area contributed by atoms with Gasteiger partial charge in [0, 0.05) is 5.56 Å². The van der Waals surface area contributed by atoms with Crippen LogP contribution in [0.2, 0.25) is 0 Å². The van der Waals surface area contributed by atoms with E-state index >= 15 is 0 Å². The first-order chi connectivity index (χ1) is 9.85. The highest BCUT2D eigenvalue weighted by atomic mass is 32.2. The lowest BCUT2D eigenvalue weighted by atomic mass is 10.2. The van der Waals surface area contributed by atoms with Crippen molar-refractivity contribution in [3.05, 3.63) is 41.3 Å². The highest BCUT2D eigenvalue weighted by molar-refractivity contribution is 7.92. The van der Waals surface area contributed by atoms with Gasteiger partial charge in [0.1, 0.15) is 16.5 Å². The Labute approximate surface area is 119 Å². The monoisotopic (exact) mass is 313 g/mol. The van der Waals surface area contributed by atoms with Gasteiger partial charge in [0.15, 0.2) is 0 Å². The lowest BCUT2D eigenvalue weighted by molar-refractivity contribution is 0.0696. The molecule has 3 N–H and O–H groups in total. The maximum Gasteiger partial charge on any atom is 0.335 e. The van der Waals surface area contributed by atoms with E-state index in [2.05, 4.69) is 14.9 Å². The maximum absolute atomic E-state index is 13.7. The van der Waals surface area contributed by atoms with Gasteiger partial charge < -0.3 is 5.11 Å². The molecule has 0 unspecified atom stereocenters. The van der Waals surface area contributed by atoms with Gasteiger partial charge in [-0.25, -0.2) is 17.6 Å². The summed E-state index contributed by atoms with van der Waals surface area (Å²) in [6, 6.07) is 2.55. The number of carboxylic acids is 1. The highest BCUT2D eigenvalue weighted by Gasteiger charge is 2.22. The van der Waals surface area contributed by atoms with Gasteiger partial charge in [-0.15, -0.1) is 0 Å². The summed E-state index contributed by atoms with van der Waals surface area (Å²) in [6.45, 7) is 1.80. The molecule has 0 aliphatic rings. The molecule has 0 saturated carbocycles. The standard InChI is InChI=1S/C12H12FN3O4S/c1-2-7-6-14-15-11(7)16-21(19,20)10-5-8(12(17)18)3-4-9(10)13/h3-6H,2H2,1H3,(H,17,18)(H2,14,15,16). The van der Waals surface area contributed by atoms with Crippen molar-refractivity contribution in [1.82, 2.24) is 10.2 Å². The van der Waals surface area contributed by atoms with Crippen LogP contribution in [0.4, 0.5) is 10.2 Å². The van der Waals surface area contributed by atoms with Crippen molar-refractivity contribution in [2.75, 3.05) is 4.72 Å². The van der Waals surface area contributed by atoms with Gasteiger partial charge in [-0.05, 0) is 24.6 Å². The number of benzene rings is 1. The van der Waals surface area contributed by atoms with Gasteiger partial charge in [0.25, 0.3) is 10.0 Å². The van der Waals surface area contributed by atoms with Crippen molar-refractivity contribution in [3.63, 3.8) is 0 Å². The number of rotatable bonds is 5. The van der Waals surface area contributed by atoms with Gasteiger partial charge in [0.2, 0.25) is 0 Å². The largest absolute Gasteiger partial charge is 0.478 e. The van der Waals surface area contributed by atoms with Crippen LogP contribution in [-0.4, -0.2) is 29.7 Å². The summed E-state index contributed by atoms with van der Waals surface area (Å²) < 4.78 is 40.2. The molecule has 1 heterocycles. The average molecular weight is 313 g/mol. The zero-order chi connectivity index (χ0) is 15.6. The number of aromatic nitrogens is 2. The first kappa shape index (κ1) is 15.0. The smallest absolute Gasteiger partial charge is 0.335 e. The molecule has 0 bridgehead atoms. The fourth-order valence-corrected chi connectivity index (χ4v) is 2.86. The number of carboxylic acid groups (broad SMARTS) is 1. The molecule has 1 aromatic heterocycles. The Kier molecular flexibility index (Phi) is 3.94. The minimum atomic E-state index is -4.26. The van der Waals surface area contributed by atoms with Crippen molar-refractivity contribution < 1.29 is 22.7 Å². The van der Waals surface area contributed by atoms with Gasteiger partial charge in [0.05, 0.1) is 11.8 Å². The molecule has 9 heteroatoms. The molecular formula is C12H12FN3O4S. The minimum Gasteiger partial charge on any atom is -0.478 e. The summed E-state index contributed by atoms with van der Waals surface area (Å²) in [5.74, 6) is -2.26. The van der Waals surface area contributed by atoms with Crippen LogP contribution in [0.5, 0.6) is 0 Å². The molecule has 7 nitrogen and oxygen atoms in total. The predicted molar refractivity (Wildman–Crippen MR) is 72.1 cm³/mol. The number of aromatic amines is 1. The summed E-state index contributed by atoms with van der Waals surface area (Å²) in [5, 5.41) is 15.0. The molecule has 0 fully saturated rings. The molecule has 0 aliphatic carbocycles. The Morgan fingerprint density at radius 3 is 2.81 bits per heavy atom. The van der Waals surface area contributed by atoms with Gasteiger partial charge >= 0.3 is 5.97 Å². The van der Waals surface area contributed by atoms with Gasteiger partial charge in [-0.1, -0.05) is 6.92 Å². The minimum absolute atomic E-state index is 0.123. The SMILES string of the molecule is CCc1cn[nH]c1NS(=O)(=O)c1cc(C(=O)O)ccc1F. The van der Waals surface area contributed by atoms with E-state index in [1.54, 1.807) is 6.92 Å². The van der Waals surface area contributed by atoms with Crippen molar-refractivity contribution >= 4 is 21.8 Å². The second-order valence-corrected chi connectivity index (χ2v) is 5.83. The molecule has 1 aromatic carbocycles. The molecule has 0 radical (unpaired) electrons. The van der Waals surface area contributed by atoms with Crippen LogP contribution < -0.4 is 4.72 Å². The van der Waals surface area contributed by atoms with Crippen LogP contribution >= 0.6 is 0 Å². The summed E-state index contributed by atoms with van der Waals surface area (Å²) in [5.41, 5.74) is 0.283. The quantitative estimate of drug-likeness (QED) is 0.776. The van der Waals surface area contributed by atoms with Crippen LogP contribution in [0.1, 0.15) is 22.8 Å². The van der Waals surface area contributed by atoms with Crippen LogP contribution in [0.3, 0.4) is 0 Å². The topological polar surface area (TPSA) is 112 Å². The maximum atomic E-state index is 13.7. The van der Waals surface area contributed by atoms with E-state index in [4.69, 9.17) is 5.11 Å². The molecule has 0 aliphatic heterocycles. The Morgan fingerprint density at radius 2 is 2.19 bits per heavy atom. The van der Waals surface area contributed by atoms with E-state index < -0.39 is 26.7 Å². The Hall–Kier alpha value is -2.42.